The third kappa shape index (κ3) is 4.20. The van der Waals surface area contributed by atoms with Crippen molar-refractivity contribution in [3.63, 3.8) is 0 Å². The van der Waals surface area contributed by atoms with Crippen molar-refractivity contribution in [1.82, 2.24) is 0 Å². The second kappa shape index (κ2) is 10.5. The summed E-state index contributed by atoms with van der Waals surface area (Å²) in [6.45, 7) is 0. The average Bonchev–Trinajstić information content (AvgIpc) is 3.55. The lowest BCUT2D eigenvalue weighted by molar-refractivity contribution is 1.09. The summed E-state index contributed by atoms with van der Waals surface area (Å²) in [5, 5.41) is 13.4. The van der Waals surface area contributed by atoms with Gasteiger partial charge in [0.15, 0.2) is 0 Å². The van der Waals surface area contributed by atoms with E-state index in [2.05, 4.69) is 158 Å². The molecular formula is C46H30S. The minimum absolute atomic E-state index is 1.08. The fourth-order valence-electron chi connectivity index (χ4n) is 7.85. The summed E-state index contributed by atoms with van der Waals surface area (Å²) in [7, 11) is 0. The average molecular weight is 615 g/mol. The molecule has 8 aromatic carbocycles. The van der Waals surface area contributed by atoms with Crippen molar-refractivity contribution in [1.29, 1.82) is 0 Å². The molecule has 47 heavy (non-hydrogen) atoms. The number of benzene rings is 8. The van der Waals surface area contributed by atoms with E-state index in [-0.39, 0.29) is 0 Å². The molecule has 0 saturated heterocycles. The molecule has 0 bridgehead atoms. The van der Waals surface area contributed by atoms with Gasteiger partial charge in [0.1, 0.15) is 0 Å². The molecule has 0 aliphatic heterocycles. The second-order valence-electron chi connectivity index (χ2n) is 12.7. The van der Waals surface area contributed by atoms with Crippen LogP contribution in [0.5, 0.6) is 0 Å². The van der Waals surface area contributed by atoms with Crippen LogP contribution in [0.2, 0.25) is 0 Å². The van der Waals surface area contributed by atoms with E-state index in [1.807, 2.05) is 11.3 Å². The molecule has 220 valence electrons. The van der Waals surface area contributed by atoms with Gasteiger partial charge in [0, 0.05) is 14.6 Å². The van der Waals surface area contributed by atoms with Crippen LogP contribution in [-0.2, 0) is 0 Å². The Morgan fingerprint density at radius 2 is 0.936 bits per heavy atom. The molecule has 0 spiro atoms. The molecule has 0 saturated carbocycles. The highest BCUT2D eigenvalue weighted by Crippen LogP contribution is 2.38. The molecule has 1 heteroatoms. The van der Waals surface area contributed by atoms with Gasteiger partial charge in [0.05, 0.1) is 0 Å². The molecule has 1 aromatic heterocycles. The van der Waals surface area contributed by atoms with Gasteiger partial charge in [0.2, 0.25) is 0 Å². The molecule has 1 heterocycles. The van der Waals surface area contributed by atoms with Gasteiger partial charge < -0.3 is 0 Å². The SMILES string of the molecule is C1=c2c(sc3c2ccc2ccccc23)=C(c2ccc(-c3cccc(-c4ccc5c6ccccc6c6ccccc6c5c4)c3)cc2)CC1. The zero-order valence-electron chi connectivity index (χ0n) is 25.8. The molecule has 9 aromatic rings. The number of rotatable bonds is 3. The maximum Gasteiger partial charge on any atom is 0.0433 e. The minimum Gasteiger partial charge on any atom is -0.134 e. The van der Waals surface area contributed by atoms with Gasteiger partial charge in [0.25, 0.3) is 0 Å². The van der Waals surface area contributed by atoms with E-state index in [9.17, 15) is 0 Å². The number of hydrogen-bond acceptors (Lipinski definition) is 1. The van der Waals surface area contributed by atoms with Crippen LogP contribution in [0.1, 0.15) is 18.4 Å². The Morgan fingerprint density at radius 1 is 0.383 bits per heavy atom. The molecule has 0 unspecified atom stereocenters. The smallest absolute Gasteiger partial charge is 0.0433 e. The molecule has 1 aliphatic rings. The summed E-state index contributed by atoms with van der Waals surface area (Å²) < 4.78 is 2.85. The predicted molar refractivity (Wildman–Crippen MR) is 205 cm³/mol. The van der Waals surface area contributed by atoms with E-state index < -0.39 is 0 Å². The molecule has 0 fully saturated rings. The quantitative estimate of drug-likeness (QED) is 0.174. The standard InChI is InChI=1S/C46H30S/c1-2-12-35-30(9-1)23-26-43-42-18-8-17-36(45(42)47-46(35)43)31-21-19-29(20-22-31)32-10-7-11-33(27-32)34-24-25-41-39-15-4-3-13-37(39)38-14-5-6-16-40(38)44(41)28-34/h1-7,9-16,18-28H,8,17H2. The highest BCUT2D eigenvalue weighted by atomic mass is 32.1. The summed E-state index contributed by atoms with van der Waals surface area (Å²) in [6.07, 6.45) is 4.62. The van der Waals surface area contributed by atoms with E-state index >= 15 is 0 Å². The molecule has 0 radical (unpaired) electrons. The van der Waals surface area contributed by atoms with Gasteiger partial charge in [-0.05, 0) is 107 Å². The van der Waals surface area contributed by atoms with Gasteiger partial charge in [-0.2, -0.15) is 0 Å². The summed E-state index contributed by atoms with van der Waals surface area (Å²) in [6, 6.07) is 56.3. The summed E-state index contributed by atoms with van der Waals surface area (Å²) in [5.41, 5.74) is 7.79. The number of fused-ring (bicyclic) bond motifs is 11. The molecule has 1 aliphatic carbocycles. The Morgan fingerprint density at radius 3 is 1.68 bits per heavy atom. The zero-order chi connectivity index (χ0) is 30.9. The van der Waals surface area contributed by atoms with Crippen molar-refractivity contribution < 1.29 is 0 Å². The van der Waals surface area contributed by atoms with E-state index in [0.717, 1.165) is 12.8 Å². The monoisotopic (exact) mass is 614 g/mol. The highest BCUT2D eigenvalue weighted by molar-refractivity contribution is 7.18. The third-order valence-corrected chi connectivity index (χ3v) is 11.5. The number of thiophene rings is 1. The lowest BCUT2D eigenvalue weighted by Crippen LogP contribution is -2.25. The Bertz CT molecular complexity index is 2800. The Labute approximate surface area is 277 Å². The largest absolute Gasteiger partial charge is 0.134 e. The van der Waals surface area contributed by atoms with Gasteiger partial charge in [-0.25, -0.2) is 0 Å². The van der Waals surface area contributed by atoms with Crippen LogP contribution in [0, 0.1) is 0 Å². The van der Waals surface area contributed by atoms with E-state index in [0.29, 0.717) is 0 Å². The zero-order valence-corrected chi connectivity index (χ0v) is 26.7. The highest BCUT2D eigenvalue weighted by Gasteiger charge is 2.15. The first-order chi connectivity index (χ1) is 23.3. The van der Waals surface area contributed by atoms with Gasteiger partial charge in [-0.1, -0.05) is 146 Å². The lowest BCUT2D eigenvalue weighted by Gasteiger charge is -2.13. The summed E-state index contributed by atoms with van der Waals surface area (Å²) in [5.74, 6) is 0. The first-order valence-corrected chi connectivity index (χ1v) is 17.3. The first-order valence-electron chi connectivity index (χ1n) is 16.5. The predicted octanol–water partition coefficient (Wildman–Crippen LogP) is 11.6. The lowest BCUT2D eigenvalue weighted by atomic mass is 9.91. The molecular weight excluding hydrogens is 585 g/mol. The van der Waals surface area contributed by atoms with Crippen LogP contribution in [0.3, 0.4) is 0 Å². The van der Waals surface area contributed by atoms with Crippen LogP contribution in [0.15, 0.2) is 152 Å². The van der Waals surface area contributed by atoms with E-state index in [1.165, 1.54) is 96.3 Å². The third-order valence-electron chi connectivity index (χ3n) is 10.1. The van der Waals surface area contributed by atoms with Crippen LogP contribution in [0.4, 0.5) is 0 Å². The molecule has 10 rings (SSSR count). The van der Waals surface area contributed by atoms with Gasteiger partial charge >= 0.3 is 0 Å². The van der Waals surface area contributed by atoms with Crippen molar-refractivity contribution in [2.75, 3.05) is 0 Å². The topological polar surface area (TPSA) is 0 Å². The first kappa shape index (κ1) is 26.7. The molecule has 0 amide bonds. The molecule has 0 N–H and O–H groups in total. The second-order valence-corrected chi connectivity index (χ2v) is 13.8. The van der Waals surface area contributed by atoms with Crippen molar-refractivity contribution in [3.8, 4) is 22.3 Å². The number of hydrogen-bond donors (Lipinski definition) is 0. The Balaban J connectivity index is 1.05. The Hall–Kier alpha value is -5.50. The summed E-state index contributed by atoms with van der Waals surface area (Å²) in [4.78, 5) is 0. The van der Waals surface area contributed by atoms with Crippen molar-refractivity contribution in [2.45, 2.75) is 12.8 Å². The normalized spacial score (nSPS) is 13.1. The summed E-state index contributed by atoms with van der Waals surface area (Å²) >= 11 is 1.97. The van der Waals surface area contributed by atoms with Crippen LogP contribution >= 0.6 is 11.3 Å². The van der Waals surface area contributed by atoms with Crippen molar-refractivity contribution >= 4 is 76.2 Å². The maximum atomic E-state index is 2.45. The molecule has 0 atom stereocenters. The maximum absolute atomic E-state index is 2.45. The Kier molecular flexibility index (Phi) is 5.97. The fraction of sp³-hybridized carbons (Fsp3) is 0.0435. The van der Waals surface area contributed by atoms with Gasteiger partial charge in [-0.3, -0.25) is 0 Å². The fourth-order valence-corrected chi connectivity index (χ4v) is 9.28. The van der Waals surface area contributed by atoms with Crippen LogP contribution < -0.4 is 9.75 Å². The van der Waals surface area contributed by atoms with Crippen LogP contribution in [-0.4, -0.2) is 0 Å². The van der Waals surface area contributed by atoms with Crippen molar-refractivity contribution in [3.05, 3.63) is 167 Å². The molecule has 0 nitrogen and oxygen atoms in total. The van der Waals surface area contributed by atoms with Crippen LogP contribution in [0.25, 0.3) is 87.1 Å². The van der Waals surface area contributed by atoms with E-state index in [1.54, 1.807) is 0 Å². The minimum atomic E-state index is 1.08. The van der Waals surface area contributed by atoms with Gasteiger partial charge in [-0.15, -0.1) is 11.3 Å². The van der Waals surface area contributed by atoms with Crippen molar-refractivity contribution in [2.24, 2.45) is 0 Å². The van der Waals surface area contributed by atoms with E-state index in [4.69, 9.17) is 0 Å².